The second-order valence-electron chi connectivity index (χ2n) is 7.78. The second kappa shape index (κ2) is 13.0. The minimum absolute atomic E-state index is 0.0918. The smallest absolute Gasteiger partial charge is 0.317 e. The van der Waals surface area contributed by atoms with Crippen molar-refractivity contribution in [2.75, 3.05) is 45.8 Å². The molecule has 0 amide bonds. The maximum Gasteiger partial charge on any atom is 0.317 e. The van der Waals surface area contributed by atoms with Gasteiger partial charge in [0.15, 0.2) is 0 Å². The average Bonchev–Trinajstić information content (AvgIpc) is 2.62. The van der Waals surface area contributed by atoms with Crippen LogP contribution in [0.15, 0.2) is 0 Å². The molecule has 176 valence electrons. The van der Waals surface area contributed by atoms with Crippen LogP contribution in [0.25, 0.3) is 0 Å². The number of nitrogens with zero attached hydrogens (tertiary/aromatic N) is 3. The highest BCUT2D eigenvalue weighted by molar-refractivity contribution is 5.78. The normalized spacial score (nSPS) is 19.0. The predicted molar refractivity (Wildman–Crippen MR) is 107 cm³/mol. The summed E-state index contributed by atoms with van der Waals surface area (Å²) in [5, 5.41) is 36.9. The van der Waals surface area contributed by atoms with Gasteiger partial charge in [0.2, 0.25) is 0 Å². The molecule has 1 aliphatic carbocycles. The molecule has 0 bridgehead atoms. The lowest BCUT2D eigenvalue weighted by Gasteiger charge is -2.44. The molecule has 0 saturated heterocycles. The molecule has 12 nitrogen and oxygen atoms in total. The number of aliphatic carboxylic acids is 4. The van der Waals surface area contributed by atoms with E-state index in [0.717, 1.165) is 12.8 Å². The van der Waals surface area contributed by atoms with E-state index in [-0.39, 0.29) is 38.5 Å². The Morgan fingerprint density at radius 2 is 1.06 bits per heavy atom. The first-order chi connectivity index (χ1) is 14.5. The first-order valence-corrected chi connectivity index (χ1v) is 10.1. The number of ketones is 1. The first-order valence-electron chi connectivity index (χ1n) is 10.1. The number of rotatable bonds is 15. The van der Waals surface area contributed by atoms with Gasteiger partial charge < -0.3 is 20.4 Å². The van der Waals surface area contributed by atoms with Gasteiger partial charge in [0, 0.05) is 25.2 Å². The van der Waals surface area contributed by atoms with E-state index >= 15 is 0 Å². The Hall–Kier alpha value is -2.57. The molecule has 0 aliphatic heterocycles. The molecule has 0 aromatic rings. The molecule has 1 saturated carbocycles. The lowest BCUT2D eigenvalue weighted by molar-refractivity contribution is -0.146. The summed E-state index contributed by atoms with van der Waals surface area (Å²) in [5.41, 5.74) is 0. The van der Waals surface area contributed by atoms with Crippen LogP contribution in [0.1, 0.15) is 32.6 Å². The molecular weight excluding hydrogens is 414 g/mol. The molecule has 31 heavy (non-hydrogen) atoms. The van der Waals surface area contributed by atoms with Crippen molar-refractivity contribution >= 4 is 29.7 Å². The molecule has 4 N–H and O–H groups in total. The lowest BCUT2D eigenvalue weighted by Crippen LogP contribution is -2.57. The van der Waals surface area contributed by atoms with Crippen molar-refractivity contribution in [2.45, 2.75) is 44.7 Å². The maximum absolute atomic E-state index is 11.5. The quantitative estimate of drug-likeness (QED) is 0.245. The number of carboxylic acid groups (broad SMARTS) is 4. The molecule has 0 radical (unpaired) electrons. The van der Waals surface area contributed by atoms with Crippen LogP contribution in [0.5, 0.6) is 0 Å². The fraction of sp³-hybridized carbons (Fsp3) is 0.737. The standard InChI is InChI=1S/C19H31N3O9/c1-13(23)8-20(9-16(24)25)6-7-21(10-17(26)27)14-4-2-3-5-15(14)22(11-18(28)29)12-19(30)31/h14-15H,2-12H2,1H3,(H,24,25)(H,26,27)(H,28,29)(H,30,31)/t14-,15-/m1/s1. The molecule has 0 aromatic heterocycles. The summed E-state index contributed by atoms with van der Waals surface area (Å²) in [5.74, 6) is -4.80. The van der Waals surface area contributed by atoms with Crippen LogP contribution in [0.2, 0.25) is 0 Å². The third-order valence-electron chi connectivity index (χ3n) is 5.16. The molecule has 0 spiro atoms. The summed E-state index contributed by atoms with van der Waals surface area (Å²) < 4.78 is 0. The number of hydrogen-bond donors (Lipinski definition) is 4. The number of carboxylic acids is 4. The van der Waals surface area contributed by atoms with Gasteiger partial charge in [-0.15, -0.1) is 0 Å². The van der Waals surface area contributed by atoms with Crippen molar-refractivity contribution < 1.29 is 44.4 Å². The van der Waals surface area contributed by atoms with E-state index in [4.69, 9.17) is 5.11 Å². The van der Waals surface area contributed by atoms with E-state index in [1.807, 2.05) is 0 Å². The highest BCUT2D eigenvalue weighted by atomic mass is 16.4. The van der Waals surface area contributed by atoms with E-state index in [0.29, 0.717) is 12.8 Å². The zero-order valence-electron chi connectivity index (χ0n) is 17.6. The van der Waals surface area contributed by atoms with Crippen LogP contribution in [-0.4, -0.2) is 123 Å². The summed E-state index contributed by atoms with van der Waals surface area (Å²) in [6.45, 7) is -0.201. The SMILES string of the molecule is CC(=O)CN(CCN(CC(=O)O)[C@@H]1CCCC[C@H]1N(CC(=O)O)CC(=O)O)CC(=O)O. The Bertz CT molecular complexity index is 638. The molecule has 2 atom stereocenters. The third-order valence-corrected chi connectivity index (χ3v) is 5.16. The fourth-order valence-electron chi connectivity index (χ4n) is 4.11. The van der Waals surface area contributed by atoms with Crippen molar-refractivity contribution in [3.05, 3.63) is 0 Å². The van der Waals surface area contributed by atoms with Gasteiger partial charge in [-0.1, -0.05) is 12.8 Å². The number of Topliss-reactive ketones (excluding diaryl/α,β-unsaturated/α-hetero) is 1. The molecule has 0 aromatic carbocycles. The third kappa shape index (κ3) is 10.3. The van der Waals surface area contributed by atoms with Crippen LogP contribution in [0.4, 0.5) is 0 Å². The van der Waals surface area contributed by atoms with Gasteiger partial charge in [-0.3, -0.25) is 38.7 Å². The van der Waals surface area contributed by atoms with Crippen molar-refractivity contribution in [1.82, 2.24) is 14.7 Å². The lowest BCUT2D eigenvalue weighted by atomic mass is 9.87. The maximum atomic E-state index is 11.5. The van der Waals surface area contributed by atoms with Crippen molar-refractivity contribution in [3.63, 3.8) is 0 Å². The van der Waals surface area contributed by atoms with Gasteiger partial charge in [0.1, 0.15) is 5.78 Å². The van der Waals surface area contributed by atoms with E-state index in [1.54, 1.807) is 4.90 Å². The molecule has 12 heteroatoms. The number of hydrogen-bond acceptors (Lipinski definition) is 8. The molecule has 1 aliphatic rings. The zero-order valence-corrected chi connectivity index (χ0v) is 17.6. The van der Waals surface area contributed by atoms with Crippen molar-refractivity contribution in [3.8, 4) is 0 Å². The first kappa shape index (κ1) is 26.5. The van der Waals surface area contributed by atoms with E-state index in [1.165, 1.54) is 16.7 Å². The zero-order chi connectivity index (χ0) is 23.6. The molecular formula is C19H31N3O9. The fourth-order valence-corrected chi connectivity index (χ4v) is 4.11. The van der Waals surface area contributed by atoms with Gasteiger partial charge in [0.05, 0.1) is 32.7 Å². The highest BCUT2D eigenvalue weighted by Gasteiger charge is 2.36. The minimum Gasteiger partial charge on any atom is -0.480 e. The van der Waals surface area contributed by atoms with Crippen molar-refractivity contribution in [2.24, 2.45) is 0 Å². The van der Waals surface area contributed by atoms with Crippen LogP contribution >= 0.6 is 0 Å². The summed E-state index contributed by atoms with van der Waals surface area (Å²) in [7, 11) is 0. The number of carbonyl (C=O) groups excluding carboxylic acids is 1. The predicted octanol–water partition coefficient (Wildman–Crippen LogP) is -0.869. The summed E-state index contributed by atoms with van der Waals surface area (Å²) in [6.07, 6.45) is 2.61. The molecule has 0 heterocycles. The Labute approximate surface area is 180 Å². The Morgan fingerprint density at radius 1 is 0.645 bits per heavy atom. The molecule has 1 rings (SSSR count). The Morgan fingerprint density at radius 3 is 1.48 bits per heavy atom. The van der Waals surface area contributed by atoms with Crippen LogP contribution in [-0.2, 0) is 24.0 Å². The van der Waals surface area contributed by atoms with E-state index < -0.39 is 49.1 Å². The average molecular weight is 445 g/mol. The Balaban J connectivity index is 3.06. The van der Waals surface area contributed by atoms with Gasteiger partial charge in [-0.25, -0.2) is 0 Å². The monoisotopic (exact) mass is 445 g/mol. The van der Waals surface area contributed by atoms with Gasteiger partial charge in [0.25, 0.3) is 0 Å². The molecule has 1 fully saturated rings. The van der Waals surface area contributed by atoms with Gasteiger partial charge in [-0.05, 0) is 19.8 Å². The summed E-state index contributed by atoms with van der Waals surface area (Å²) >= 11 is 0. The van der Waals surface area contributed by atoms with Gasteiger partial charge in [-0.2, -0.15) is 0 Å². The van der Waals surface area contributed by atoms with Gasteiger partial charge >= 0.3 is 23.9 Å². The summed E-state index contributed by atoms with van der Waals surface area (Å²) in [6, 6.07) is -0.881. The van der Waals surface area contributed by atoms with Crippen molar-refractivity contribution in [1.29, 1.82) is 0 Å². The van der Waals surface area contributed by atoms with Crippen LogP contribution in [0.3, 0.4) is 0 Å². The number of carbonyl (C=O) groups is 5. The molecule has 0 unspecified atom stereocenters. The Kier molecular flexibility index (Phi) is 11.1. The van der Waals surface area contributed by atoms with E-state index in [9.17, 15) is 39.3 Å². The highest BCUT2D eigenvalue weighted by Crippen LogP contribution is 2.27. The topological polar surface area (TPSA) is 176 Å². The minimum atomic E-state index is -1.18. The van der Waals surface area contributed by atoms with Crippen LogP contribution in [0, 0.1) is 0 Å². The van der Waals surface area contributed by atoms with E-state index in [2.05, 4.69) is 0 Å². The largest absolute Gasteiger partial charge is 0.480 e. The second-order valence-corrected chi connectivity index (χ2v) is 7.78. The van der Waals surface area contributed by atoms with Crippen LogP contribution < -0.4 is 0 Å². The summed E-state index contributed by atoms with van der Waals surface area (Å²) in [4.78, 5) is 60.9.